The SMILES string of the molecule is CN1CCN(S(=O)(=O)c2ccc(NC(=O)CCc3ccccc3)cc2)CC1. The van der Waals surface area contributed by atoms with E-state index in [0.29, 0.717) is 31.6 Å². The Labute approximate surface area is 160 Å². The summed E-state index contributed by atoms with van der Waals surface area (Å²) in [6.45, 7) is 2.46. The Hall–Kier alpha value is -2.22. The van der Waals surface area contributed by atoms with Crippen molar-refractivity contribution >= 4 is 21.6 Å². The number of carbonyl (C=O) groups is 1. The van der Waals surface area contributed by atoms with E-state index in [-0.39, 0.29) is 10.8 Å². The van der Waals surface area contributed by atoms with E-state index in [2.05, 4.69) is 10.2 Å². The van der Waals surface area contributed by atoms with Crippen LogP contribution < -0.4 is 5.32 Å². The molecular weight excluding hydrogens is 362 g/mol. The van der Waals surface area contributed by atoms with Gasteiger partial charge in [-0.2, -0.15) is 4.31 Å². The molecule has 0 bridgehead atoms. The molecule has 1 saturated heterocycles. The van der Waals surface area contributed by atoms with Crippen molar-refractivity contribution in [2.75, 3.05) is 38.5 Å². The summed E-state index contributed by atoms with van der Waals surface area (Å²) >= 11 is 0. The number of anilines is 1. The Bertz CT molecular complexity index is 859. The maximum absolute atomic E-state index is 12.7. The Morgan fingerprint density at radius 3 is 2.22 bits per heavy atom. The molecule has 1 aliphatic heterocycles. The highest BCUT2D eigenvalue weighted by Crippen LogP contribution is 2.20. The fraction of sp³-hybridized carbons (Fsp3) is 0.350. The number of carbonyl (C=O) groups excluding carboxylic acids is 1. The fourth-order valence-electron chi connectivity index (χ4n) is 3.01. The van der Waals surface area contributed by atoms with Crippen LogP contribution in [0.5, 0.6) is 0 Å². The molecule has 7 heteroatoms. The quantitative estimate of drug-likeness (QED) is 0.825. The fourth-order valence-corrected chi connectivity index (χ4v) is 4.44. The lowest BCUT2D eigenvalue weighted by atomic mass is 10.1. The largest absolute Gasteiger partial charge is 0.326 e. The van der Waals surface area contributed by atoms with Gasteiger partial charge in [-0.15, -0.1) is 0 Å². The van der Waals surface area contributed by atoms with Crippen LogP contribution in [0.2, 0.25) is 0 Å². The van der Waals surface area contributed by atoms with Gasteiger partial charge in [0.25, 0.3) is 0 Å². The first kappa shape index (κ1) is 19.5. The third kappa shape index (κ3) is 5.15. The van der Waals surface area contributed by atoms with Gasteiger partial charge in [0.2, 0.25) is 15.9 Å². The molecule has 6 nitrogen and oxygen atoms in total. The van der Waals surface area contributed by atoms with Gasteiger partial charge in [0.15, 0.2) is 0 Å². The van der Waals surface area contributed by atoms with E-state index in [0.717, 1.165) is 18.7 Å². The molecule has 1 N–H and O–H groups in total. The van der Waals surface area contributed by atoms with Gasteiger partial charge in [-0.3, -0.25) is 4.79 Å². The maximum atomic E-state index is 12.7. The molecule has 3 rings (SSSR count). The number of piperazine rings is 1. The van der Waals surface area contributed by atoms with Gasteiger partial charge in [-0.25, -0.2) is 8.42 Å². The standard InChI is InChI=1S/C20H25N3O3S/c1-22-13-15-23(16-14-22)27(25,26)19-10-8-18(9-11-19)21-20(24)12-7-17-5-3-2-4-6-17/h2-6,8-11H,7,12-16H2,1H3,(H,21,24). The van der Waals surface area contributed by atoms with E-state index >= 15 is 0 Å². The molecule has 1 aliphatic rings. The third-order valence-electron chi connectivity index (χ3n) is 4.72. The molecule has 0 unspecified atom stereocenters. The molecule has 1 amide bonds. The minimum Gasteiger partial charge on any atom is -0.326 e. The van der Waals surface area contributed by atoms with Gasteiger partial charge in [-0.05, 0) is 43.3 Å². The highest BCUT2D eigenvalue weighted by Gasteiger charge is 2.27. The number of nitrogens with zero attached hydrogens (tertiary/aromatic N) is 2. The van der Waals surface area contributed by atoms with Gasteiger partial charge in [-0.1, -0.05) is 30.3 Å². The number of sulfonamides is 1. The molecule has 0 radical (unpaired) electrons. The Morgan fingerprint density at radius 1 is 0.963 bits per heavy atom. The molecule has 0 atom stereocenters. The number of amides is 1. The number of benzene rings is 2. The normalized spacial score (nSPS) is 16.2. The third-order valence-corrected chi connectivity index (χ3v) is 6.63. The van der Waals surface area contributed by atoms with Crippen LogP contribution >= 0.6 is 0 Å². The van der Waals surface area contributed by atoms with Crippen molar-refractivity contribution in [1.29, 1.82) is 0 Å². The monoisotopic (exact) mass is 387 g/mol. The highest BCUT2D eigenvalue weighted by atomic mass is 32.2. The number of hydrogen-bond acceptors (Lipinski definition) is 4. The summed E-state index contributed by atoms with van der Waals surface area (Å²) in [4.78, 5) is 14.5. The Kier molecular flexibility index (Phi) is 6.26. The van der Waals surface area contributed by atoms with Gasteiger partial charge in [0.1, 0.15) is 0 Å². The smallest absolute Gasteiger partial charge is 0.243 e. The molecule has 2 aromatic rings. The van der Waals surface area contributed by atoms with Crippen LogP contribution in [0.4, 0.5) is 5.69 Å². The number of likely N-dealkylation sites (N-methyl/N-ethyl adjacent to an activating group) is 1. The van der Waals surface area contributed by atoms with Crippen LogP contribution in [-0.4, -0.2) is 56.8 Å². The van der Waals surface area contributed by atoms with Crippen molar-refractivity contribution in [2.24, 2.45) is 0 Å². The van der Waals surface area contributed by atoms with E-state index in [9.17, 15) is 13.2 Å². The lowest BCUT2D eigenvalue weighted by Gasteiger charge is -2.31. The molecular formula is C20H25N3O3S. The second kappa shape index (κ2) is 8.65. The molecule has 2 aromatic carbocycles. The van der Waals surface area contributed by atoms with Crippen LogP contribution in [0, 0.1) is 0 Å². The Balaban J connectivity index is 1.57. The van der Waals surface area contributed by atoms with E-state index in [1.165, 1.54) is 4.31 Å². The number of nitrogens with one attached hydrogen (secondary N) is 1. The summed E-state index contributed by atoms with van der Waals surface area (Å²) in [5.74, 6) is -0.0893. The minimum absolute atomic E-state index is 0.0893. The zero-order valence-electron chi connectivity index (χ0n) is 15.5. The van der Waals surface area contributed by atoms with Crippen molar-refractivity contribution in [1.82, 2.24) is 9.21 Å². The summed E-state index contributed by atoms with van der Waals surface area (Å²) in [6, 6.07) is 16.2. The van der Waals surface area contributed by atoms with Gasteiger partial charge in [0.05, 0.1) is 4.90 Å². The summed E-state index contributed by atoms with van der Waals surface area (Å²) in [5.41, 5.74) is 1.71. The number of rotatable bonds is 6. The van der Waals surface area contributed by atoms with Crippen molar-refractivity contribution < 1.29 is 13.2 Å². The molecule has 1 heterocycles. The average molecular weight is 388 g/mol. The van der Waals surface area contributed by atoms with E-state index < -0.39 is 10.0 Å². The van der Waals surface area contributed by atoms with Gasteiger partial charge in [0, 0.05) is 38.3 Å². The Morgan fingerprint density at radius 2 is 1.59 bits per heavy atom. The predicted octanol–water partition coefficient (Wildman–Crippen LogP) is 2.19. The first-order valence-corrected chi connectivity index (χ1v) is 10.5. The van der Waals surface area contributed by atoms with Crippen molar-refractivity contribution in [3.05, 3.63) is 60.2 Å². The molecule has 0 aromatic heterocycles. The molecule has 144 valence electrons. The zero-order chi connectivity index (χ0) is 19.3. The van der Waals surface area contributed by atoms with Crippen LogP contribution in [0.3, 0.4) is 0 Å². The van der Waals surface area contributed by atoms with Crippen LogP contribution in [0.1, 0.15) is 12.0 Å². The van der Waals surface area contributed by atoms with Gasteiger partial charge < -0.3 is 10.2 Å². The summed E-state index contributed by atoms with van der Waals surface area (Å²) in [6.07, 6.45) is 1.05. The maximum Gasteiger partial charge on any atom is 0.243 e. The lowest BCUT2D eigenvalue weighted by molar-refractivity contribution is -0.116. The first-order chi connectivity index (χ1) is 12.9. The van der Waals surface area contributed by atoms with E-state index in [1.54, 1.807) is 24.3 Å². The average Bonchev–Trinajstić information content (AvgIpc) is 2.68. The summed E-state index contributed by atoms with van der Waals surface area (Å²) < 4.78 is 26.9. The molecule has 0 saturated carbocycles. The molecule has 0 aliphatic carbocycles. The number of aryl methyl sites for hydroxylation is 1. The zero-order valence-corrected chi connectivity index (χ0v) is 16.3. The summed E-state index contributed by atoms with van der Waals surface area (Å²) in [5, 5.41) is 2.82. The highest BCUT2D eigenvalue weighted by molar-refractivity contribution is 7.89. The van der Waals surface area contributed by atoms with E-state index in [1.807, 2.05) is 37.4 Å². The van der Waals surface area contributed by atoms with Crippen molar-refractivity contribution in [3.8, 4) is 0 Å². The topological polar surface area (TPSA) is 69.7 Å². The second-order valence-corrected chi connectivity index (χ2v) is 8.70. The lowest BCUT2D eigenvalue weighted by Crippen LogP contribution is -2.46. The van der Waals surface area contributed by atoms with E-state index in [4.69, 9.17) is 0 Å². The molecule has 1 fully saturated rings. The van der Waals surface area contributed by atoms with Crippen molar-refractivity contribution in [2.45, 2.75) is 17.7 Å². The van der Waals surface area contributed by atoms with Crippen LogP contribution in [0.25, 0.3) is 0 Å². The second-order valence-electron chi connectivity index (χ2n) is 6.77. The number of hydrogen-bond donors (Lipinski definition) is 1. The first-order valence-electron chi connectivity index (χ1n) is 9.08. The van der Waals surface area contributed by atoms with Crippen LogP contribution in [-0.2, 0) is 21.2 Å². The molecule has 0 spiro atoms. The minimum atomic E-state index is -3.48. The van der Waals surface area contributed by atoms with Crippen molar-refractivity contribution in [3.63, 3.8) is 0 Å². The predicted molar refractivity (Wildman–Crippen MR) is 106 cm³/mol. The van der Waals surface area contributed by atoms with Gasteiger partial charge >= 0.3 is 0 Å². The van der Waals surface area contributed by atoms with Crippen LogP contribution in [0.15, 0.2) is 59.5 Å². The summed E-state index contributed by atoms with van der Waals surface area (Å²) in [7, 11) is -1.50. The molecule has 27 heavy (non-hydrogen) atoms.